The fourth-order valence-corrected chi connectivity index (χ4v) is 0.550. The Morgan fingerprint density at radius 1 is 1.56 bits per heavy atom. The number of amides is 1. The van der Waals surface area contributed by atoms with Crippen LogP contribution >= 0.6 is 11.6 Å². The second-order valence-corrected chi connectivity index (χ2v) is 1.91. The van der Waals surface area contributed by atoms with Crippen LogP contribution < -0.4 is 5.73 Å². The van der Waals surface area contributed by atoms with Crippen LogP contribution in [0.3, 0.4) is 0 Å². The highest BCUT2D eigenvalue weighted by molar-refractivity contribution is 6.17. The summed E-state index contributed by atoms with van der Waals surface area (Å²) in [6.07, 6.45) is 0.604. The van der Waals surface area contributed by atoms with E-state index in [0.29, 0.717) is 12.5 Å². The van der Waals surface area contributed by atoms with Crippen LogP contribution in [0.1, 0.15) is 12.8 Å². The summed E-state index contributed by atoms with van der Waals surface area (Å²) in [5.74, 6) is 0.579. The molecular formula is C5H9ClNO2. The van der Waals surface area contributed by atoms with Crippen molar-refractivity contribution in [3.05, 3.63) is 0 Å². The second-order valence-electron chi connectivity index (χ2n) is 1.53. The lowest BCUT2D eigenvalue weighted by atomic mass is 10.4. The highest BCUT2D eigenvalue weighted by Gasteiger charge is 1.92. The van der Waals surface area contributed by atoms with Gasteiger partial charge in [-0.25, -0.2) is 10.5 Å². The molecule has 1 amide bonds. The van der Waals surface area contributed by atoms with Gasteiger partial charge in [-0.3, -0.25) is 0 Å². The normalized spacial score (nSPS) is 9.00. The third-order valence-electron chi connectivity index (χ3n) is 0.761. The number of hydrogen-bond acceptors (Lipinski definition) is 2. The van der Waals surface area contributed by atoms with Gasteiger partial charge < -0.3 is 4.74 Å². The molecule has 4 heteroatoms. The van der Waals surface area contributed by atoms with E-state index in [9.17, 15) is 4.79 Å². The summed E-state index contributed by atoms with van der Waals surface area (Å²) in [5.41, 5.74) is 6.32. The van der Waals surface area contributed by atoms with Gasteiger partial charge in [0.2, 0.25) is 0 Å². The van der Waals surface area contributed by atoms with Gasteiger partial charge in [0, 0.05) is 5.88 Å². The fourth-order valence-electron chi connectivity index (χ4n) is 0.361. The van der Waals surface area contributed by atoms with Gasteiger partial charge >= 0.3 is 6.09 Å². The molecule has 0 aromatic heterocycles. The molecule has 53 valence electrons. The Morgan fingerprint density at radius 2 is 2.22 bits per heavy atom. The number of unbranched alkanes of at least 4 members (excludes halogenated alkanes) is 1. The first-order valence-electron chi connectivity index (χ1n) is 2.71. The molecule has 0 saturated heterocycles. The summed E-state index contributed by atoms with van der Waals surface area (Å²) < 4.78 is 4.31. The number of carbonyl (C=O) groups excluding carboxylic acids is 1. The number of rotatable bonds is 4. The van der Waals surface area contributed by atoms with Crippen molar-refractivity contribution in [1.29, 1.82) is 0 Å². The Balaban J connectivity index is 2.83. The molecule has 0 aliphatic heterocycles. The molecule has 0 aliphatic carbocycles. The van der Waals surface area contributed by atoms with Crippen molar-refractivity contribution in [2.24, 2.45) is 0 Å². The molecule has 1 N–H and O–H groups in total. The fraction of sp³-hybridized carbons (Fsp3) is 0.800. The van der Waals surface area contributed by atoms with Crippen LogP contribution in [0.25, 0.3) is 0 Å². The summed E-state index contributed by atoms with van der Waals surface area (Å²) in [5, 5.41) is 0. The molecule has 3 nitrogen and oxygen atoms in total. The third-order valence-corrected chi connectivity index (χ3v) is 1.03. The van der Waals surface area contributed by atoms with Gasteiger partial charge in [-0.1, -0.05) is 0 Å². The molecule has 0 bridgehead atoms. The van der Waals surface area contributed by atoms with Crippen LogP contribution in [-0.4, -0.2) is 18.6 Å². The van der Waals surface area contributed by atoms with Crippen LogP contribution in [0, 0.1) is 0 Å². The molecule has 0 aromatic rings. The predicted octanol–water partition coefficient (Wildman–Crippen LogP) is 1.42. The van der Waals surface area contributed by atoms with Crippen LogP contribution in [-0.2, 0) is 4.74 Å². The van der Waals surface area contributed by atoms with Crippen molar-refractivity contribution in [2.45, 2.75) is 12.8 Å². The van der Waals surface area contributed by atoms with Crippen LogP contribution in [0.4, 0.5) is 4.79 Å². The largest absolute Gasteiger partial charge is 0.448 e. The molecule has 1 radical (unpaired) electrons. The van der Waals surface area contributed by atoms with Gasteiger partial charge in [-0.05, 0) is 12.8 Å². The Kier molecular flexibility index (Phi) is 5.41. The predicted molar refractivity (Wildman–Crippen MR) is 34.4 cm³/mol. The molecule has 0 unspecified atom stereocenters. The van der Waals surface area contributed by atoms with Crippen LogP contribution in [0.5, 0.6) is 0 Å². The zero-order chi connectivity index (χ0) is 7.11. The number of alkyl halides is 1. The van der Waals surface area contributed by atoms with Gasteiger partial charge in [-0.15, -0.1) is 11.6 Å². The summed E-state index contributed by atoms with van der Waals surface area (Å²) in [6, 6.07) is 0. The molecule has 0 fully saturated rings. The molecule has 0 saturated carbocycles. The molecule has 0 aliphatic rings. The molecule has 0 rings (SSSR count). The molecule has 9 heavy (non-hydrogen) atoms. The van der Waals surface area contributed by atoms with Crippen molar-refractivity contribution in [3.63, 3.8) is 0 Å². The van der Waals surface area contributed by atoms with Gasteiger partial charge in [0.15, 0.2) is 0 Å². The average molecular weight is 151 g/mol. The maximum absolute atomic E-state index is 9.82. The number of halogens is 1. The average Bonchev–Trinajstić information content (AvgIpc) is 1.80. The van der Waals surface area contributed by atoms with Crippen molar-refractivity contribution in [1.82, 2.24) is 5.73 Å². The van der Waals surface area contributed by atoms with Gasteiger partial charge in [0.05, 0.1) is 6.61 Å². The third kappa shape index (κ3) is 7.56. The van der Waals surface area contributed by atoms with E-state index in [1.54, 1.807) is 0 Å². The number of hydrogen-bond donors (Lipinski definition) is 0. The van der Waals surface area contributed by atoms with E-state index in [1.165, 1.54) is 0 Å². The molecule has 0 spiro atoms. The van der Waals surface area contributed by atoms with E-state index in [1.807, 2.05) is 0 Å². The smallest absolute Gasteiger partial charge is 0.426 e. The van der Waals surface area contributed by atoms with E-state index in [2.05, 4.69) is 4.74 Å². The number of nitrogens with one attached hydrogen (secondary N) is 1. The van der Waals surface area contributed by atoms with Gasteiger partial charge in [0.1, 0.15) is 0 Å². The van der Waals surface area contributed by atoms with Crippen molar-refractivity contribution < 1.29 is 9.53 Å². The number of carbonyl (C=O) groups is 1. The van der Waals surface area contributed by atoms with E-state index >= 15 is 0 Å². The van der Waals surface area contributed by atoms with E-state index in [4.69, 9.17) is 17.3 Å². The highest BCUT2D eigenvalue weighted by Crippen LogP contribution is 1.91. The summed E-state index contributed by atoms with van der Waals surface area (Å²) in [6.45, 7) is 0.315. The van der Waals surface area contributed by atoms with Crippen molar-refractivity contribution >= 4 is 17.7 Å². The van der Waals surface area contributed by atoms with Crippen LogP contribution in [0.15, 0.2) is 0 Å². The molecular weight excluding hydrogens is 142 g/mol. The zero-order valence-corrected chi connectivity index (χ0v) is 5.78. The molecule has 0 atom stereocenters. The highest BCUT2D eigenvalue weighted by atomic mass is 35.5. The van der Waals surface area contributed by atoms with Crippen molar-refractivity contribution in [2.75, 3.05) is 12.5 Å². The Labute approximate surface area is 59.1 Å². The van der Waals surface area contributed by atoms with E-state index < -0.39 is 6.09 Å². The lowest BCUT2D eigenvalue weighted by Crippen LogP contribution is -2.03. The summed E-state index contributed by atoms with van der Waals surface area (Å²) in [4.78, 5) is 9.82. The van der Waals surface area contributed by atoms with Gasteiger partial charge in [-0.2, -0.15) is 0 Å². The summed E-state index contributed by atoms with van der Waals surface area (Å²) >= 11 is 5.33. The maximum Gasteiger partial charge on any atom is 0.426 e. The first-order valence-corrected chi connectivity index (χ1v) is 3.25. The summed E-state index contributed by atoms with van der Waals surface area (Å²) in [7, 11) is 0. The van der Waals surface area contributed by atoms with E-state index in [-0.39, 0.29) is 0 Å². The SMILES string of the molecule is [NH]C(=O)OCCCCCl. The Hall–Kier alpha value is -0.440. The Bertz CT molecular complexity index is 87.0. The Morgan fingerprint density at radius 3 is 2.67 bits per heavy atom. The second kappa shape index (κ2) is 5.69. The lowest BCUT2D eigenvalue weighted by Gasteiger charge is -1.96. The van der Waals surface area contributed by atoms with Crippen LogP contribution in [0.2, 0.25) is 0 Å². The quantitative estimate of drug-likeness (QED) is 0.450. The lowest BCUT2D eigenvalue weighted by molar-refractivity contribution is 0.153. The van der Waals surface area contributed by atoms with Crippen molar-refractivity contribution in [3.8, 4) is 0 Å². The monoisotopic (exact) mass is 150 g/mol. The maximum atomic E-state index is 9.82. The standard InChI is InChI=1S/C5H9ClNO2/c6-3-1-2-4-9-5(7)8/h7H,1-4H2. The topological polar surface area (TPSA) is 50.1 Å². The number of ether oxygens (including phenoxy) is 1. The first kappa shape index (κ1) is 8.56. The van der Waals surface area contributed by atoms with Gasteiger partial charge in [0.25, 0.3) is 0 Å². The minimum Gasteiger partial charge on any atom is -0.448 e. The minimum absolute atomic E-state index is 0.315. The molecule has 0 heterocycles. The minimum atomic E-state index is -0.968. The zero-order valence-electron chi connectivity index (χ0n) is 5.02. The molecule has 0 aromatic carbocycles. The first-order chi connectivity index (χ1) is 4.27. The van der Waals surface area contributed by atoms with E-state index in [0.717, 1.165) is 12.8 Å².